The molecule has 1 aliphatic rings. The van der Waals surface area contributed by atoms with E-state index in [4.69, 9.17) is 4.55 Å². The summed E-state index contributed by atoms with van der Waals surface area (Å²) in [7, 11) is -3.49. The maximum atomic E-state index is 11.2. The van der Waals surface area contributed by atoms with Crippen LogP contribution in [-0.2, 0) is 25.4 Å². The molecule has 0 aliphatic heterocycles. The molecule has 1 saturated carbocycles. The standard InChI is InChI=1S/C7H14O5S2/c1-2-3-12-14(10,11)5-6-4-7(6)13(8)9/h6-7H,2-5H2,1H3,(H,8,9). The van der Waals surface area contributed by atoms with Crippen molar-refractivity contribution in [3.8, 4) is 0 Å². The summed E-state index contributed by atoms with van der Waals surface area (Å²) in [5, 5.41) is -0.380. The fourth-order valence-corrected chi connectivity index (χ4v) is 3.53. The van der Waals surface area contributed by atoms with Crippen molar-refractivity contribution in [1.82, 2.24) is 0 Å². The van der Waals surface area contributed by atoms with Gasteiger partial charge in [0.05, 0.1) is 17.6 Å². The molecule has 1 aliphatic carbocycles. The van der Waals surface area contributed by atoms with Gasteiger partial charge >= 0.3 is 0 Å². The van der Waals surface area contributed by atoms with Gasteiger partial charge in [-0.1, -0.05) is 6.92 Å². The highest BCUT2D eigenvalue weighted by atomic mass is 32.2. The Balaban J connectivity index is 2.35. The van der Waals surface area contributed by atoms with E-state index in [0.717, 1.165) is 0 Å². The van der Waals surface area contributed by atoms with Gasteiger partial charge in [0, 0.05) is 0 Å². The highest BCUT2D eigenvalue weighted by Gasteiger charge is 2.44. The molecular weight excluding hydrogens is 228 g/mol. The van der Waals surface area contributed by atoms with Crippen LogP contribution in [0.2, 0.25) is 0 Å². The smallest absolute Gasteiger partial charge is 0.267 e. The van der Waals surface area contributed by atoms with Gasteiger partial charge in [-0.2, -0.15) is 8.42 Å². The van der Waals surface area contributed by atoms with E-state index in [2.05, 4.69) is 4.18 Å². The van der Waals surface area contributed by atoms with E-state index in [0.29, 0.717) is 12.8 Å². The second-order valence-corrected chi connectivity index (χ2v) is 6.20. The first kappa shape index (κ1) is 12.1. The van der Waals surface area contributed by atoms with Crippen LogP contribution >= 0.6 is 0 Å². The van der Waals surface area contributed by atoms with Gasteiger partial charge in [0.15, 0.2) is 11.1 Å². The van der Waals surface area contributed by atoms with E-state index in [-0.39, 0.29) is 23.5 Å². The summed E-state index contributed by atoms with van der Waals surface area (Å²) in [6, 6.07) is 0. The van der Waals surface area contributed by atoms with Crippen molar-refractivity contribution in [3.05, 3.63) is 0 Å². The quantitative estimate of drug-likeness (QED) is 0.537. The van der Waals surface area contributed by atoms with E-state index < -0.39 is 21.2 Å². The Morgan fingerprint density at radius 3 is 2.64 bits per heavy atom. The average molecular weight is 242 g/mol. The van der Waals surface area contributed by atoms with Crippen LogP contribution in [0.15, 0.2) is 0 Å². The Hall–Kier alpha value is 0.0200. The van der Waals surface area contributed by atoms with Gasteiger partial charge in [-0.3, -0.25) is 4.18 Å². The van der Waals surface area contributed by atoms with Crippen LogP contribution in [0.25, 0.3) is 0 Å². The number of rotatable bonds is 6. The SMILES string of the molecule is CCCOS(=O)(=O)CC1CC1S(=O)O. The normalized spacial score (nSPS) is 28.7. The lowest BCUT2D eigenvalue weighted by atomic mass is 10.5. The third-order valence-corrected chi connectivity index (χ3v) is 4.46. The molecule has 5 nitrogen and oxygen atoms in total. The fourth-order valence-electron chi connectivity index (χ4n) is 1.16. The molecule has 0 saturated heterocycles. The summed E-state index contributed by atoms with van der Waals surface area (Å²) in [6.07, 6.45) is 1.14. The largest absolute Gasteiger partial charge is 0.306 e. The molecule has 0 spiro atoms. The molecule has 7 heteroatoms. The third kappa shape index (κ3) is 3.64. The molecule has 1 fully saturated rings. The lowest BCUT2D eigenvalue weighted by molar-refractivity contribution is 0.317. The van der Waals surface area contributed by atoms with Gasteiger partial charge < -0.3 is 4.55 Å². The van der Waals surface area contributed by atoms with Crippen LogP contribution in [0.3, 0.4) is 0 Å². The molecule has 14 heavy (non-hydrogen) atoms. The molecule has 0 aromatic carbocycles. The van der Waals surface area contributed by atoms with E-state index in [1.165, 1.54) is 0 Å². The van der Waals surface area contributed by atoms with Gasteiger partial charge in [0.25, 0.3) is 10.1 Å². The topological polar surface area (TPSA) is 80.7 Å². The molecule has 0 aromatic heterocycles. The van der Waals surface area contributed by atoms with Crippen molar-refractivity contribution in [2.24, 2.45) is 5.92 Å². The molecule has 0 aromatic rings. The minimum Gasteiger partial charge on any atom is -0.306 e. The molecule has 0 bridgehead atoms. The Labute approximate surface area is 86.2 Å². The van der Waals surface area contributed by atoms with Crippen molar-refractivity contribution in [2.45, 2.75) is 25.0 Å². The van der Waals surface area contributed by atoms with Crippen LogP contribution in [0, 0.1) is 5.92 Å². The predicted molar refractivity (Wildman–Crippen MR) is 52.7 cm³/mol. The Morgan fingerprint density at radius 1 is 1.57 bits per heavy atom. The van der Waals surface area contributed by atoms with Gasteiger partial charge in [-0.05, 0) is 18.8 Å². The summed E-state index contributed by atoms with van der Waals surface area (Å²) < 4.78 is 46.3. The van der Waals surface area contributed by atoms with Crippen molar-refractivity contribution in [3.63, 3.8) is 0 Å². The molecule has 0 radical (unpaired) electrons. The lowest BCUT2D eigenvalue weighted by Gasteiger charge is -2.02. The molecule has 1 N–H and O–H groups in total. The van der Waals surface area contributed by atoms with Gasteiger partial charge in [-0.25, -0.2) is 4.21 Å². The zero-order valence-corrected chi connectivity index (χ0v) is 9.51. The number of hydrogen-bond acceptors (Lipinski definition) is 4. The Kier molecular flexibility index (Phi) is 4.05. The van der Waals surface area contributed by atoms with Crippen LogP contribution in [0.5, 0.6) is 0 Å². The van der Waals surface area contributed by atoms with Gasteiger partial charge in [0.1, 0.15) is 0 Å². The van der Waals surface area contributed by atoms with E-state index in [9.17, 15) is 12.6 Å². The van der Waals surface area contributed by atoms with Crippen molar-refractivity contribution in [1.29, 1.82) is 0 Å². The third-order valence-electron chi connectivity index (χ3n) is 2.00. The molecule has 0 heterocycles. The monoisotopic (exact) mass is 242 g/mol. The molecule has 1 rings (SSSR count). The number of hydrogen-bond donors (Lipinski definition) is 1. The Bertz CT molecular complexity index is 310. The van der Waals surface area contributed by atoms with Gasteiger partial charge in [0.2, 0.25) is 0 Å². The molecule has 84 valence electrons. The predicted octanol–water partition coefficient (Wildman–Crippen LogP) is 0.353. The highest BCUT2D eigenvalue weighted by Crippen LogP contribution is 2.36. The minimum atomic E-state index is -3.49. The first-order valence-electron chi connectivity index (χ1n) is 4.43. The second-order valence-electron chi connectivity index (χ2n) is 3.36. The zero-order chi connectivity index (χ0) is 10.8. The van der Waals surface area contributed by atoms with E-state index in [1.54, 1.807) is 0 Å². The molecule has 3 unspecified atom stereocenters. The molecule has 3 atom stereocenters. The van der Waals surface area contributed by atoms with Crippen LogP contribution in [0.4, 0.5) is 0 Å². The van der Waals surface area contributed by atoms with Crippen LogP contribution in [0.1, 0.15) is 19.8 Å². The first-order chi connectivity index (χ1) is 6.46. The van der Waals surface area contributed by atoms with Crippen LogP contribution in [-0.4, -0.2) is 34.8 Å². The Morgan fingerprint density at radius 2 is 2.21 bits per heavy atom. The van der Waals surface area contributed by atoms with Crippen molar-refractivity contribution < 1.29 is 21.4 Å². The summed E-state index contributed by atoms with van der Waals surface area (Å²) >= 11 is -1.90. The maximum absolute atomic E-state index is 11.2. The van der Waals surface area contributed by atoms with Gasteiger partial charge in [-0.15, -0.1) is 0 Å². The van der Waals surface area contributed by atoms with Crippen molar-refractivity contribution >= 4 is 21.2 Å². The highest BCUT2D eigenvalue weighted by molar-refractivity contribution is 7.86. The summed E-state index contributed by atoms with van der Waals surface area (Å²) in [6.45, 7) is 2.00. The minimum absolute atomic E-state index is 0.135. The van der Waals surface area contributed by atoms with Crippen molar-refractivity contribution in [2.75, 3.05) is 12.4 Å². The molecule has 0 amide bonds. The second kappa shape index (κ2) is 4.69. The first-order valence-corrected chi connectivity index (χ1v) is 7.17. The lowest BCUT2D eigenvalue weighted by Crippen LogP contribution is -2.14. The summed E-state index contributed by atoms with van der Waals surface area (Å²) in [5.41, 5.74) is 0. The summed E-state index contributed by atoms with van der Waals surface area (Å²) in [4.78, 5) is 0. The van der Waals surface area contributed by atoms with E-state index in [1.807, 2.05) is 6.92 Å². The fraction of sp³-hybridized carbons (Fsp3) is 1.00. The van der Waals surface area contributed by atoms with Crippen LogP contribution < -0.4 is 0 Å². The zero-order valence-electron chi connectivity index (χ0n) is 7.88. The maximum Gasteiger partial charge on any atom is 0.267 e. The molecular formula is C7H14O5S2. The average Bonchev–Trinajstić information content (AvgIpc) is 2.79. The van der Waals surface area contributed by atoms with E-state index >= 15 is 0 Å². The summed E-state index contributed by atoms with van der Waals surface area (Å²) in [5.74, 6) is -0.341.